The Bertz CT molecular complexity index is 1850. The third kappa shape index (κ3) is 9.68. The minimum atomic E-state index is -4.36. The molecule has 4 aromatic carbocycles. The second kappa shape index (κ2) is 16.9. The first-order valence-electron chi connectivity index (χ1n) is 15.7. The maximum atomic E-state index is 14.7. The molecule has 0 bridgehead atoms. The van der Waals surface area contributed by atoms with Gasteiger partial charge < -0.3 is 19.7 Å². The smallest absolute Gasteiger partial charge is 0.264 e. The molecular weight excluding hydrogens is 685 g/mol. The molecule has 2 amide bonds. The molecule has 1 atom stereocenters. The first-order chi connectivity index (χ1) is 23.3. The molecular formula is C37H41Cl2N3O6S. The molecule has 0 saturated heterocycles. The highest BCUT2D eigenvalue weighted by molar-refractivity contribution is 7.92. The van der Waals surface area contributed by atoms with E-state index in [0.29, 0.717) is 27.9 Å². The molecule has 0 aliphatic carbocycles. The molecule has 0 aliphatic heterocycles. The monoisotopic (exact) mass is 725 g/mol. The van der Waals surface area contributed by atoms with E-state index in [-0.39, 0.29) is 41.1 Å². The van der Waals surface area contributed by atoms with E-state index in [2.05, 4.69) is 5.32 Å². The zero-order valence-corrected chi connectivity index (χ0v) is 30.5. The Hall–Kier alpha value is -4.25. The van der Waals surface area contributed by atoms with E-state index in [1.54, 1.807) is 42.5 Å². The van der Waals surface area contributed by atoms with Crippen molar-refractivity contribution >= 4 is 50.7 Å². The average Bonchev–Trinajstić information content (AvgIpc) is 3.08. The first-order valence-corrected chi connectivity index (χ1v) is 17.9. The van der Waals surface area contributed by atoms with Crippen molar-refractivity contribution in [2.45, 2.75) is 44.7 Å². The Balaban J connectivity index is 1.84. The van der Waals surface area contributed by atoms with Crippen LogP contribution in [0.25, 0.3) is 0 Å². The molecule has 49 heavy (non-hydrogen) atoms. The normalized spacial score (nSPS) is 11.9. The van der Waals surface area contributed by atoms with Gasteiger partial charge in [0, 0.05) is 35.6 Å². The number of aryl methyl sites for hydroxylation is 1. The number of hydrogen-bond acceptors (Lipinski definition) is 6. The highest BCUT2D eigenvalue weighted by Crippen LogP contribution is 2.33. The minimum Gasteiger partial charge on any atom is -0.493 e. The van der Waals surface area contributed by atoms with Crippen molar-refractivity contribution in [1.29, 1.82) is 0 Å². The SMILES string of the molecule is COc1ccc(S(=O)(=O)N(CC(=O)N(Cc2ccc(Cl)cc2Cl)[C@@H](Cc2ccccc2)C(=O)NCC(C)C)c2ccc(C)cc2)cc1OC. The Morgan fingerprint density at radius 1 is 0.857 bits per heavy atom. The summed E-state index contributed by atoms with van der Waals surface area (Å²) >= 11 is 12.8. The third-order valence-corrected chi connectivity index (χ3v) is 10.2. The van der Waals surface area contributed by atoms with Crippen LogP contribution in [0.3, 0.4) is 0 Å². The number of sulfonamides is 1. The second-order valence-electron chi connectivity index (χ2n) is 12.0. The summed E-state index contributed by atoms with van der Waals surface area (Å²) in [5.74, 6) is -0.277. The molecule has 0 saturated carbocycles. The largest absolute Gasteiger partial charge is 0.493 e. The van der Waals surface area contributed by atoms with Crippen molar-refractivity contribution in [3.8, 4) is 11.5 Å². The van der Waals surface area contributed by atoms with Gasteiger partial charge in [0.05, 0.1) is 24.8 Å². The number of anilines is 1. The van der Waals surface area contributed by atoms with Crippen LogP contribution in [0.1, 0.15) is 30.5 Å². The molecule has 0 radical (unpaired) electrons. The van der Waals surface area contributed by atoms with Crippen LogP contribution in [-0.2, 0) is 32.6 Å². The molecule has 0 unspecified atom stereocenters. The van der Waals surface area contributed by atoms with Crippen molar-refractivity contribution in [3.63, 3.8) is 0 Å². The number of ether oxygens (including phenoxy) is 2. The van der Waals surface area contributed by atoms with Gasteiger partial charge in [0.25, 0.3) is 10.0 Å². The lowest BCUT2D eigenvalue weighted by Gasteiger charge is -2.34. The van der Waals surface area contributed by atoms with Crippen molar-refractivity contribution in [1.82, 2.24) is 10.2 Å². The van der Waals surface area contributed by atoms with Gasteiger partial charge in [-0.15, -0.1) is 0 Å². The Morgan fingerprint density at radius 2 is 1.53 bits per heavy atom. The number of carbonyl (C=O) groups excluding carboxylic acids is 2. The quantitative estimate of drug-likeness (QED) is 0.143. The second-order valence-corrected chi connectivity index (χ2v) is 14.7. The summed E-state index contributed by atoms with van der Waals surface area (Å²) in [5.41, 5.74) is 2.53. The lowest BCUT2D eigenvalue weighted by Crippen LogP contribution is -2.53. The molecule has 9 nitrogen and oxygen atoms in total. The summed E-state index contributed by atoms with van der Waals surface area (Å²) < 4.78 is 40.6. The van der Waals surface area contributed by atoms with Gasteiger partial charge >= 0.3 is 0 Å². The third-order valence-electron chi connectivity index (χ3n) is 7.86. The van der Waals surface area contributed by atoms with Gasteiger partial charge in [-0.05, 0) is 60.4 Å². The molecule has 0 spiro atoms. The number of nitrogens with zero attached hydrogens (tertiary/aromatic N) is 2. The van der Waals surface area contributed by atoms with Gasteiger partial charge in [0.2, 0.25) is 11.8 Å². The van der Waals surface area contributed by atoms with Gasteiger partial charge in [0.15, 0.2) is 11.5 Å². The lowest BCUT2D eigenvalue weighted by molar-refractivity contribution is -0.140. The number of nitrogens with one attached hydrogen (secondary N) is 1. The Morgan fingerprint density at radius 3 is 2.14 bits per heavy atom. The average molecular weight is 727 g/mol. The minimum absolute atomic E-state index is 0.0838. The predicted octanol–water partition coefficient (Wildman–Crippen LogP) is 6.93. The number of methoxy groups -OCH3 is 2. The van der Waals surface area contributed by atoms with Crippen LogP contribution in [0.2, 0.25) is 10.0 Å². The predicted molar refractivity (Wildman–Crippen MR) is 194 cm³/mol. The lowest BCUT2D eigenvalue weighted by atomic mass is 10.0. The maximum absolute atomic E-state index is 14.7. The van der Waals surface area contributed by atoms with Crippen LogP contribution in [0.4, 0.5) is 5.69 Å². The molecule has 260 valence electrons. The topological polar surface area (TPSA) is 105 Å². The van der Waals surface area contributed by atoms with Crippen LogP contribution in [-0.4, -0.2) is 58.5 Å². The number of halogens is 2. The van der Waals surface area contributed by atoms with Crippen LogP contribution in [0.5, 0.6) is 11.5 Å². The van der Waals surface area contributed by atoms with Gasteiger partial charge in [-0.1, -0.05) is 91.1 Å². The zero-order chi connectivity index (χ0) is 35.7. The van der Waals surface area contributed by atoms with Gasteiger partial charge in [-0.3, -0.25) is 13.9 Å². The van der Waals surface area contributed by atoms with Crippen molar-refractivity contribution in [3.05, 3.63) is 118 Å². The summed E-state index contributed by atoms with van der Waals surface area (Å²) in [6, 6.07) is 24.3. The van der Waals surface area contributed by atoms with Gasteiger partial charge in [0.1, 0.15) is 12.6 Å². The van der Waals surface area contributed by atoms with E-state index in [4.69, 9.17) is 32.7 Å². The van der Waals surface area contributed by atoms with Crippen LogP contribution >= 0.6 is 23.2 Å². The Kier molecular flexibility index (Phi) is 13.0. The Labute approximate surface area is 298 Å². The van der Waals surface area contributed by atoms with E-state index in [1.807, 2.05) is 51.1 Å². The van der Waals surface area contributed by atoms with Crippen LogP contribution < -0.4 is 19.1 Å². The fraction of sp³-hybridized carbons (Fsp3) is 0.297. The first kappa shape index (κ1) is 37.6. The summed E-state index contributed by atoms with van der Waals surface area (Å²) in [6.07, 6.45) is 0.175. The molecule has 1 N–H and O–H groups in total. The molecule has 12 heteroatoms. The highest BCUT2D eigenvalue weighted by Gasteiger charge is 2.35. The summed E-state index contributed by atoms with van der Waals surface area (Å²) in [7, 11) is -1.50. The molecule has 0 aromatic heterocycles. The molecule has 4 aromatic rings. The number of hydrogen-bond donors (Lipinski definition) is 1. The van der Waals surface area contributed by atoms with Crippen molar-refractivity contribution in [2.24, 2.45) is 5.92 Å². The van der Waals surface area contributed by atoms with E-state index in [1.165, 1.54) is 37.3 Å². The fourth-order valence-corrected chi connectivity index (χ4v) is 7.05. The number of amides is 2. The maximum Gasteiger partial charge on any atom is 0.264 e. The van der Waals surface area contributed by atoms with Crippen LogP contribution in [0.15, 0.2) is 95.9 Å². The summed E-state index contributed by atoms with van der Waals surface area (Å²) in [5, 5.41) is 3.69. The molecule has 0 aliphatic rings. The zero-order valence-electron chi connectivity index (χ0n) is 28.2. The van der Waals surface area contributed by atoms with E-state index >= 15 is 0 Å². The number of rotatable bonds is 15. The molecule has 0 heterocycles. The summed E-state index contributed by atoms with van der Waals surface area (Å²) in [4.78, 5) is 29.9. The number of carbonyl (C=O) groups is 2. The standard InChI is InChI=1S/C37H41Cl2N3O6S/c1-25(2)22-40-37(44)33(19-27-9-7-6-8-10-27)41(23-28-13-14-29(38)20-32(28)39)36(43)24-42(30-15-11-26(3)12-16-30)49(45,46)31-17-18-34(47-4)35(21-31)48-5/h6-18,20-21,25,33H,19,22-24H2,1-5H3,(H,40,44)/t33-/m0/s1. The van der Waals surface area contributed by atoms with E-state index in [0.717, 1.165) is 15.4 Å². The van der Waals surface area contributed by atoms with Crippen molar-refractivity contribution < 1.29 is 27.5 Å². The molecule has 0 fully saturated rings. The summed E-state index contributed by atoms with van der Waals surface area (Å²) in [6.45, 7) is 5.51. The highest BCUT2D eigenvalue weighted by atomic mass is 35.5. The fourth-order valence-electron chi connectivity index (χ4n) is 5.15. The number of benzene rings is 4. The molecule has 4 rings (SSSR count). The van der Waals surface area contributed by atoms with Crippen LogP contribution in [0, 0.1) is 12.8 Å². The van der Waals surface area contributed by atoms with Gasteiger partial charge in [-0.2, -0.15) is 0 Å². The van der Waals surface area contributed by atoms with Gasteiger partial charge in [-0.25, -0.2) is 8.42 Å². The van der Waals surface area contributed by atoms with E-state index < -0.39 is 28.5 Å². The van der Waals surface area contributed by atoms with E-state index in [9.17, 15) is 18.0 Å². The van der Waals surface area contributed by atoms with Crippen molar-refractivity contribution in [2.75, 3.05) is 31.6 Å².